The molecule has 2 heterocycles. The van der Waals surface area contributed by atoms with Crippen LogP contribution in [-0.2, 0) is 11.2 Å². The molecule has 1 aromatic heterocycles. The van der Waals surface area contributed by atoms with Crippen molar-refractivity contribution in [2.45, 2.75) is 45.3 Å². The summed E-state index contributed by atoms with van der Waals surface area (Å²) < 4.78 is 5.92. The maximum absolute atomic E-state index is 5.92. The molecule has 1 aliphatic heterocycles. The van der Waals surface area contributed by atoms with Crippen LogP contribution in [0.5, 0.6) is 0 Å². The van der Waals surface area contributed by atoms with Crippen molar-refractivity contribution in [1.29, 1.82) is 0 Å². The first kappa shape index (κ1) is 12.2. The second kappa shape index (κ2) is 4.67. The molecule has 3 unspecified atom stereocenters. The van der Waals surface area contributed by atoms with Crippen LogP contribution >= 0.6 is 0 Å². The van der Waals surface area contributed by atoms with Gasteiger partial charge in [-0.3, -0.25) is 0 Å². The van der Waals surface area contributed by atoms with Gasteiger partial charge in [-0.15, -0.1) is 0 Å². The quantitative estimate of drug-likeness (QED) is 0.854. The normalized spacial score (nSPS) is 33.8. The van der Waals surface area contributed by atoms with Crippen molar-refractivity contribution < 1.29 is 4.74 Å². The van der Waals surface area contributed by atoms with Crippen molar-refractivity contribution in [3.8, 4) is 0 Å². The lowest BCUT2D eigenvalue weighted by molar-refractivity contribution is -0.192. The average Bonchev–Trinajstić information content (AvgIpc) is 2.87. The summed E-state index contributed by atoms with van der Waals surface area (Å²) in [6, 6.07) is 0.595. The van der Waals surface area contributed by atoms with Crippen LogP contribution in [0.2, 0.25) is 0 Å². The van der Waals surface area contributed by atoms with E-state index in [0.717, 1.165) is 25.4 Å². The Morgan fingerprint density at radius 1 is 1.56 bits per heavy atom. The third-order valence-corrected chi connectivity index (χ3v) is 4.61. The Kier molecular flexibility index (Phi) is 3.16. The molecule has 4 heteroatoms. The Morgan fingerprint density at radius 3 is 3.22 bits per heavy atom. The van der Waals surface area contributed by atoms with Gasteiger partial charge in [-0.1, -0.05) is 13.8 Å². The summed E-state index contributed by atoms with van der Waals surface area (Å²) in [5.74, 6) is 1.78. The minimum Gasteiger partial charge on any atom is -0.377 e. The zero-order valence-corrected chi connectivity index (χ0v) is 11.3. The highest BCUT2D eigenvalue weighted by molar-refractivity contribution is 5.10. The van der Waals surface area contributed by atoms with E-state index in [-0.39, 0.29) is 5.41 Å². The number of imidazole rings is 1. The summed E-state index contributed by atoms with van der Waals surface area (Å²) in [5.41, 5.74) is 0.272. The molecule has 4 nitrogen and oxygen atoms in total. The van der Waals surface area contributed by atoms with Crippen LogP contribution in [0.15, 0.2) is 12.4 Å². The molecule has 1 aromatic rings. The molecule has 0 bridgehead atoms. The molecule has 1 saturated heterocycles. The summed E-state index contributed by atoms with van der Waals surface area (Å²) in [4.78, 5) is 7.40. The standard InChI is InChI=1S/C14H23N3O/c1-14(2)12(10-4-3-9-18-13(10)14)17-6-5-11-15-7-8-16-11/h7-8,10,12-13,17H,3-6,9H2,1-2H3,(H,15,16). The fourth-order valence-corrected chi connectivity index (χ4v) is 3.72. The summed E-state index contributed by atoms with van der Waals surface area (Å²) in [6.07, 6.45) is 7.66. The molecule has 0 amide bonds. The van der Waals surface area contributed by atoms with Crippen molar-refractivity contribution in [2.24, 2.45) is 11.3 Å². The van der Waals surface area contributed by atoms with Crippen molar-refractivity contribution >= 4 is 0 Å². The van der Waals surface area contributed by atoms with Crippen LogP contribution in [0.25, 0.3) is 0 Å². The minimum atomic E-state index is 0.272. The fourth-order valence-electron chi connectivity index (χ4n) is 3.72. The average molecular weight is 249 g/mol. The number of fused-ring (bicyclic) bond motifs is 1. The highest BCUT2D eigenvalue weighted by atomic mass is 16.5. The lowest BCUT2D eigenvalue weighted by atomic mass is 9.55. The molecule has 1 saturated carbocycles. The van der Waals surface area contributed by atoms with Crippen LogP contribution in [-0.4, -0.2) is 35.3 Å². The molecule has 0 aromatic carbocycles. The van der Waals surface area contributed by atoms with Gasteiger partial charge in [0.15, 0.2) is 0 Å². The number of aromatic amines is 1. The topological polar surface area (TPSA) is 49.9 Å². The lowest BCUT2D eigenvalue weighted by Gasteiger charge is -2.60. The van der Waals surface area contributed by atoms with Gasteiger partial charge in [0.05, 0.1) is 6.10 Å². The van der Waals surface area contributed by atoms with Gasteiger partial charge in [0, 0.05) is 49.3 Å². The van der Waals surface area contributed by atoms with Gasteiger partial charge in [-0.2, -0.15) is 0 Å². The van der Waals surface area contributed by atoms with Crippen LogP contribution in [0.4, 0.5) is 0 Å². The molecule has 1 aliphatic carbocycles. The second-order valence-corrected chi connectivity index (χ2v) is 6.14. The number of rotatable bonds is 4. The third-order valence-electron chi connectivity index (χ3n) is 4.61. The van der Waals surface area contributed by atoms with E-state index in [4.69, 9.17) is 4.74 Å². The summed E-state index contributed by atoms with van der Waals surface area (Å²) in [7, 11) is 0. The Morgan fingerprint density at radius 2 is 2.44 bits per heavy atom. The molecule has 0 spiro atoms. The van der Waals surface area contributed by atoms with E-state index in [1.54, 1.807) is 0 Å². The number of ether oxygens (including phenoxy) is 1. The third kappa shape index (κ3) is 1.97. The predicted molar refractivity (Wildman–Crippen MR) is 70.3 cm³/mol. The smallest absolute Gasteiger partial charge is 0.107 e. The SMILES string of the molecule is CC1(C)C(NCCc2ncc[nH]2)C2CCCOC21. The number of H-pyrrole nitrogens is 1. The lowest BCUT2D eigenvalue weighted by Crippen LogP contribution is -2.69. The van der Waals surface area contributed by atoms with Gasteiger partial charge in [0.1, 0.15) is 5.82 Å². The Balaban J connectivity index is 1.53. The van der Waals surface area contributed by atoms with Gasteiger partial charge >= 0.3 is 0 Å². The highest BCUT2D eigenvalue weighted by Gasteiger charge is 2.57. The monoisotopic (exact) mass is 249 g/mol. The van der Waals surface area contributed by atoms with Crippen LogP contribution in [0, 0.1) is 11.3 Å². The zero-order chi connectivity index (χ0) is 12.6. The molecule has 3 atom stereocenters. The van der Waals surface area contributed by atoms with Gasteiger partial charge in [-0.05, 0) is 12.8 Å². The van der Waals surface area contributed by atoms with Crippen LogP contribution in [0.3, 0.4) is 0 Å². The van der Waals surface area contributed by atoms with Gasteiger partial charge in [0.2, 0.25) is 0 Å². The number of hydrogen-bond acceptors (Lipinski definition) is 3. The van der Waals surface area contributed by atoms with Crippen molar-refractivity contribution in [3.05, 3.63) is 18.2 Å². The number of aromatic nitrogens is 2. The van der Waals surface area contributed by atoms with E-state index in [1.165, 1.54) is 12.8 Å². The predicted octanol–water partition coefficient (Wildman–Crippen LogP) is 1.75. The molecule has 100 valence electrons. The number of nitrogens with one attached hydrogen (secondary N) is 2. The van der Waals surface area contributed by atoms with Gasteiger partial charge < -0.3 is 15.0 Å². The molecular formula is C14H23N3O. The highest BCUT2D eigenvalue weighted by Crippen LogP contribution is 2.51. The van der Waals surface area contributed by atoms with E-state index in [2.05, 4.69) is 29.1 Å². The van der Waals surface area contributed by atoms with Crippen molar-refractivity contribution in [3.63, 3.8) is 0 Å². The van der Waals surface area contributed by atoms with E-state index >= 15 is 0 Å². The van der Waals surface area contributed by atoms with Gasteiger partial charge in [-0.25, -0.2) is 4.98 Å². The van der Waals surface area contributed by atoms with Crippen molar-refractivity contribution in [1.82, 2.24) is 15.3 Å². The summed E-state index contributed by atoms with van der Waals surface area (Å²) in [5, 5.41) is 3.71. The van der Waals surface area contributed by atoms with Crippen LogP contribution in [0.1, 0.15) is 32.5 Å². The largest absolute Gasteiger partial charge is 0.377 e. The van der Waals surface area contributed by atoms with Gasteiger partial charge in [0.25, 0.3) is 0 Å². The van der Waals surface area contributed by atoms with E-state index in [1.807, 2.05) is 12.4 Å². The Labute approximate surface area is 109 Å². The molecule has 3 rings (SSSR count). The Bertz CT molecular complexity index is 388. The molecule has 0 radical (unpaired) electrons. The molecule has 2 fully saturated rings. The van der Waals surface area contributed by atoms with Crippen molar-refractivity contribution in [2.75, 3.05) is 13.2 Å². The minimum absolute atomic E-state index is 0.272. The molecule has 2 aliphatic rings. The van der Waals surface area contributed by atoms with Crippen LogP contribution < -0.4 is 5.32 Å². The summed E-state index contributed by atoms with van der Waals surface area (Å²) in [6.45, 7) is 6.59. The molecular weight excluding hydrogens is 226 g/mol. The van der Waals surface area contributed by atoms with E-state index in [0.29, 0.717) is 18.1 Å². The first-order valence-electron chi connectivity index (χ1n) is 7.03. The maximum atomic E-state index is 5.92. The second-order valence-electron chi connectivity index (χ2n) is 6.14. The molecule has 18 heavy (non-hydrogen) atoms. The summed E-state index contributed by atoms with van der Waals surface area (Å²) >= 11 is 0. The molecule has 2 N–H and O–H groups in total. The van der Waals surface area contributed by atoms with E-state index < -0.39 is 0 Å². The Hall–Kier alpha value is -0.870. The zero-order valence-electron chi connectivity index (χ0n) is 11.3. The fraction of sp³-hybridized carbons (Fsp3) is 0.786. The number of nitrogens with zero attached hydrogens (tertiary/aromatic N) is 1. The number of hydrogen-bond donors (Lipinski definition) is 2. The maximum Gasteiger partial charge on any atom is 0.107 e. The first-order chi connectivity index (χ1) is 8.69. The first-order valence-corrected chi connectivity index (χ1v) is 7.03. The van der Waals surface area contributed by atoms with E-state index in [9.17, 15) is 0 Å².